The van der Waals surface area contributed by atoms with Crippen molar-refractivity contribution in [1.29, 1.82) is 0 Å². The van der Waals surface area contributed by atoms with Crippen LogP contribution in [0.5, 0.6) is 0 Å². The lowest BCUT2D eigenvalue weighted by molar-refractivity contribution is 0.600. The summed E-state index contributed by atoms with van der Waals surface area (Å²) in [4.78, 5) is 0.117. The third kappa shape index (κ3) is 3.34. The van der Waals surface area contributed by atoms with Crippen molar-refractivity contribution in [3.63, 3.8) is 0 Å². The van der Waals surface area contributed by atoms with Crippen molar-refractivity contribution in [3.05, 3.63) is 57.2 Å². The van der Waals surface area contributed by atoms with E-state index in [9.17, 15) is 12.8 Å². The van der Waals surface area contributed by atoms with Crippen LogP contribution in [0.2, 0.25) is 0 Å². The van der Waals surface area contributed by atoms with Gasteiger partial charge in [-0.15, -0.1) is 0 Å². The second-order valence-electron chi connectivity index (χ2n) is 3.66. The predicted octanol–water partition coefficient (Wildman–Crippen LogP) is 4.15. The van der Waals surface area contributed by atoms with E-state index in [0.29, 0.717) is 8.95 Å². The average Bonchev–Trinajstić information content (AvgIpc) is 2.33. The van der Waals surface area contributed by atoms with Gasteiger partial charge in [-0.1, -0.05) is 12.1 Å². The van der Waals surface area contributed by atoms with Crippen molar-refractivity contribution in [2.75, 3.05) is 4.72 Å². The highest BCUT2D eigenvalue weighted by Gasteiger charge is 2.18. The Morgan fingerprint density at radius 2 is 1.68 bits per heavy atom. The van der Waals surface area contributed by atoms with Gasteiger partial charge < -0.3 is 0 Å². The minimum absolute atomic E-state index is 0.117. The molecule has 0 aliphatic heterocycles. The average molecular weight is 409 g/mol. The molecule has 0 saturated carbocycles. The van der Waals surface area contributed by atoms with Crippen LogP contribution in [0.4, 0.5) is 10.1 Å². The van der Waals surface area contributed by atoms with Crippen LogP contribution in [-0.4, -0.2) is 8.42 Å². The van der Waals surface area contributed by atoms with Crippen LogP contribution in [0.1, 0.15) is 0 Å². The standard InChI is InChI=1S/C12H8Br2FNO2S/c13-9-3-1-2-4-12(9)19(17,18)16-11-6-5-8(15)7-10(11)14/h1-7,16H. The first-order valence-corrected chi connectivity index (χ1v) is 8.19. The van der Waals surface area contributed by atoms with Crippen LogP contribution in [0, 0.1) is 5.82 Å². The van der Waals surface area contributed by atoms with E-state index in [1.165, 1.54) is 24.3 Å². The number of sulfonamides is 1. The Kier molecular flexibility index (Phi) is 4.27. The molecule has 0 spiro atoms. The van der Waals surface area contributed by atoms with Gasteiger partial charge in [-0.25, -0.2) is 12.8 Å². The lowest BCUT2D eigenvalue weighted by Gasteiger charge is -2.10. The fourth-order valence-corrected chi connectivity index (χ4v) is 4.10. The maximum atomic E-state index is 13.0. The van der Waals surface area contributed by atoms with Gasteiger partial charge in [0.2, 0.25) is 0 Å². The zero-order valence-electron chi connectivity index (χ0n) is 9.40. The summed E-state index contributed by atoms with van der Waals surface area (Å²) < 4.78 is 40.6. The molecular formula is C12H8Br2FNO2S. The maximum Gasteiger partial charge on any atom is 0.263 e. The Morgan fingerprint density at radius 1 is 1.00 bits per heavy atom. The van der Waals surface area contributed by atoms with Crippen LogP contribution in [0.3, 0.4) is 0 Å². The van der Waals surface area contributed by atoms with Crippen LogP contribution in [0.15, 0.2) is 56.3 Å². The number of benzene rings is 2. The fourth-order valence-electron chi connectivity index (χ4n) is 1.43. The molecule has 3 nitrogen and oxygen atoms in total. The summed E-state index contributed by atoms with van der Waals surface area (Å²) in [7, 11) is -3.73. The molecule has 0 atom stereocenters. The van der Waals surface area contributed by atoms with Gasteiger partial charge >= 0.3 is 0 Å². The molecule has 0 bridgehead atoms. The summed E-state index contributed by atoms with van der Waals surface area (Å²) in [6, 6.07) is 10.2. The molecule has 2 rings (SSSR count). The molecule has 0 fully saturated rings. The van der Waals surface area contributed by atoms with Crippen molar-refractivity contribution < 1.29 is 12.8 Å². The molecule has 0 radical (unpaired) electrons. The molecule has 0 amide bonds. The second-order valence-corrected chi connectivity index (χ2v) is 7.02. The fraction of sp³-hybridized carbons (Fsp3) is 0. The summed E-state index contributed by atoms with van der Waals surface area (Å²) in [6.07, 6.45) is 0. The summed E-state index contributed by atoms with van der Waals surface area (Å²) >= 11 is 6.30. The molecule has 0 heterocycles. The molecule has 19 heavy (non-hydrogen) atoms. The first kappa shape index (κ1) is 14.5. The molecule has 100 valence electrons. The van der Waals surface area contributed by atoms with Crippen LogP contribution < -0.4 is 4.72 Å². The third-order valence-electron chi connectivity index (χ3n) is 2.30. The first-order chi connectivity index (χ1) is 8.90. The highest BCUT2D eigenvalue weighted by atomic mass is 79.9. The Hall–Kier alpha value is -0.920. The quantitative estimate of drug-likeness (QED) is 0.828. The minimum Gasteiger partial charge on any atom is -0.278 e. The zero-order valence-corrected chi connectivity index (χ0v) is 13.4. The van der Waals surface area contributed by atoms with Gasteiger partial charge in [0.15, 0.2) is 0 Å². The Morgan fingerprint density at radius 3 is 2.32 bits per heavy atom. The van der Waals surface area contributed by atoms with E-state index < -0.39 is 15.8 Å². The molecule has 0 unspecified atom stereocenters. The Labute approximate surface area is 127 Å². The number of anilines is 1. The van der Waals surface area contributed by atoms with E-state index in [2.05, 4.69) is 36.6 Å². The van der Waals surface area contributed by atoms with Crippen molar-refractivity contribution in [2.24, 2.45) is 0 Å². The smallest absolute Gasteiger partial charge is 0.263 e. The highest BCUT2D eigenvalue weighted by molar-refractivity contribution is 9.11. The molecule has 0 aromatic heterocycles. The summed E-state index contributed by atoms with van der Waals surface area (Å²) in [6.45, 7) is 0. The first-order valence-electron chi connectivity index (χ1n) is 5.12. The molecular weight excluding hydrogens is 401 g/mol. The molecule has 2 aromatic rings. The van der Waals surface area contributed by atoms with Crippen LogP contribution in [0.25, 0.3) is 0 Å². The molecule has 0 aliphatic rings. The number of rotatable bonds is 3. The monoisotopic (exact) mass is 407 g/mol. The lowest BCUT2D eigenvalue weighted by Crippen LogP contribution is -2.13. The molecule has 0 aliphatic carbocycles. The number of hydrogen-bond donors (Lipinski definition) is 1. The normalized spacial score (nSPS) is 11.3. The number of halogens is 3. The van der Waals surface area contributed by atoms with Crippen molar-refractivity contribution in [1.82, 2.24) is 0 Å². The molecule has 1 N–H and O–H groups in total. The van der Waals surface area contributed by atoms with Crippen molar-refractivity contribution in [2.45, 2.75) is 4.90 Å². The van der Waals surface area contributed by atoms with E-state index in [1.54, 1.807) is 18.2 Å². The molecule has 7 heteroatoms. The summed E-state index contributed by atoms with van der Waals surface area (Å²) in [5, 5.41) is 0. The summed E-state index contributed by atoms with van der Waals surface area (Å²) in [5.74, 6) is -0.448. The van der Waals surface area contributed by atoms with E-state index in [-0.39, 0.29) is 10.6 Å². The topological polar surface area (TPSA) is 46.2 Å². The van der Waals surface area contributed by atoms with E-state index >= 15 is 0 Å². The van der Waals surface area contributed by atoms with E-state index in [1.807, 2.05) is 0 Å². The summed E-state index contributed by atoms with van der Waals surface area (Å²) in [5.41, 5.74) is 0.275. The second kappa shape index (κ2) is 5.60. The number of nitrogens with one attached hydrogen (secondary N) is 1. The van der Waals surface area contributed by atoms with Crippen molar-refractivity contribution in [3.8, 4) is 0 Å². The highest BCUT2D eigenvalue weighted by Crippen LogP contribution is 2.28. The van der Waals surface area contributed by atoms with E-state index in [0.717, 1.165) is 0 Å². The largest absolute Gasteiger partial charge is 0.278 e. The maximum absolute atomic E-state index is 13.0. The van der Waals surface area contributed by atoms with E-state index in [4.69, 9.17) is 0 Å². The van der Waals surface area contributed by atoms with Gasteiger partial charge in [0, 0.05) is 8.95 Å². The number of hydrogen-bond acceptors (Lipinski definition) is 2. The van der Waals surface area contributed by atoms with Gasteiger partial charge in [0.1, 0.15) is 10.7 Å². The predicted molar refractivity (Wildman–Crippen MR) is 79.1 cm³/mol. The zero-order chi connectivity index (χ0) is 14.0. The Bertz CT molecular complexity index is 719. The van der Waals surface area contributed by atoms with Gasteiger partial charge in [0.05, 0.1) is 5.69 Å². The van der Waals surface area contributed by atoms with Crippen molar-refractivity contribution >= 4 is 47.6 Å². The lowest BCUT2D eigenvalue weighted by atomic mass is 10.3. The third-order valence-corrected chi connectivity index (χ3v) is 5.34. The Balaban J connectivity index is 2.40. The van der Waals surface area contributed by atoms with Gasteiger partial charge in [-0.3, -0.25) is 4.72 Å². The van der Waals surface area contributed by atoms with Crippen LogP contribution in [-0.2, 0) is 10.0 Å². The van der Waals surface area contributed by atoms with Gasteiger partial charge in [-0.2, -0.15) is 0 Å². The van der Waals surface area contributed by atoms with Gasteiger partial charge in [-0.05, 0) is 62.2 Å². The minimum atomic E-state index is -3.73. The van der Waals surface area contributed by atoms with Crippen LogP contribution >= 0.6 is 31.9 Å². The SMILES string of the molecule is O=S(=O)(Nc1ccc(F)cc1Br)c1ccccc1Br. The molecule has 0 saturated heterocycles. The van der Waals surface area contributed by atoms with Gasteiger partial charge in [0.25, 0.3) is 10.0 Å². The molecule has 2 aromatic carbocycles.